The monoisotopic (exact) mass is 353 g/mol. The quantitative estimate of drug-likeness (QED) is 0.784. The highest BCUT2D eigenvalue weighted by atomic mass is 32.1. The second-order valence-corrected chi connectivity index (χ2v) is 7.90. The first-order chi connectivity index (χ1) is 12.4. The average molecular weight is 353 g/mol. The van der Waals surface area contributed by atoms with Crippen molar-refractivity contribution in [3.63, 3.8) is 0 Å². The van der Waals surface area contributed by atoms with Gasteiger partial charge in [0.25, 0.3) is 0 Å². The van der Waals surface area contributed by atoms with Gasteiger partial charge in [-0.1, -0.05) is 12.1 Å². The molecule has 3 heterocycles. The summed E-state index contributed by atoms with van der Waals surface area (Å²) in [5.41, 5.74) is 2.45. The van der Waals surface area contributed by atoms with Gasteiger partial charge >= 0.3 is 0 Å². The molecule has 1 unspecified atom stereocenters. The Balaban J connectivity index is 1.42. The van der Waals surface area contributed by atoms with Crippen LogP contribution in [0.4, 0.5) is 0 Å². The number of ether oxygens (including phenoxy) is 2. The number of thiazole rings is 1. The summed E-state index contributed by atoms with van der Waals surface area (Å²) in [7, 11) is 0. The molecular formula is C20H21N2O2S+. The molecule has 0 spiro atoms. The fourth-order valence-electron chi connectivity index (χ4n) is 3.94. The van der Waals surface area contributed by atoms with Gasteiger partial charge in [0, 0.05) is 12.0 Å². The number of nitrogens with one attached hydrogen (secondary N) is 1. The molecule has 1 N–H and O–H groups in total. The number of fused-ring (bicyclic) bond motifs is 2. The summed E-state index contributed by atoms with van der Waals surface area (Å²) < 4.78 is 12.3. The lowest BCUT2D eigenvalue weighted by Crippen LogP contribution is -3.11. The van der Waals surface area contributed by atoms with E-state index in [2.05, 4.69) is 36.4 Å². The first-order valence-corrected chi connectivity index (χ1v) is 9.77. The Morgan fingerprint density at radius 3 is 2.96 bits per heavy atom. The SMILES string of the molecule is c1ccc2sc([C@@H]3CCCC[NH+]3Cc3ccc4c(c3)OCO4)nc2c1. The maximum absolute atomic E-state index is 5.54. The smallest absolute Gasteiger partial charge is 0.231 e. The van der Waals surface area contributed by atoms with Crippen molar-refractivity contribution in [1.82, 2.24) is 4.98 Å². The molecule has 4 nitrogen and oxygen atoms in total. The molecule has 5 heteroatoms. The number of likely N-dealkylation sites (tertiary alicyclic amines) is 1. The van der Waals surface area contributed by atoms with Gasteiger partial charge in [0.15, 0.2) is 16.5 Å². The Kier molecular flexibility index (Phi) is 3.83. The lowest BCUT2D eigenvalue weighted by Gasteiger charge is -2.31. The van der Waals surface area contributed by atoms with E-state index in [9.17, 15) is 0 Å². The molecule has 2 aliphatic heterocycles. The van der Waals surface area contributed by atoms with Crippen LogP contribution in [-0.4, -0.2) is 18.3 Å². The molecular weight excluding hydrogens is 332 g/mol. The summed E-state index contributed by atoms with van der Waals surface area (Å²) in [6.07, 6.45) is 3.81. The molecule has 0 aliphatic carbocycles. The van der Waals surface area contributed by atoms with Gasteiger partial charge in [0.2, 0.25) is 6.79 Å². The second kappa shape index (κ2) is 6.32. The maximum Gasteiger partial charge on any atom is 0.231 e. The number of hydrogen-bond donors (Lipinski definition) is 1. The first-order valence-electron chi connectivity index (χ1n) is 8.95. The van der Waals surface area contributed by atoms with Gasteiger partial charge < -0.3 is 14.4 Å². The Hall–Kier alpha value is -2.11. The van der Waals surface area contributed by atoms with Crippen molar-refractivity contribution in [3.05, 3.63) is 53.0 Å². The van der Waals surface area contributed by atoms with Crippen molar-refractivity contribution < 1.29 is 14.4 Å². The minimum Gasteiger partial charge on any atom is -0.454 e. The van der Waals surface area contributed by atoms with Crippen LogP contribution in [-0.2, 0) is 6.54 Å². The van der Waals surface area contributed by atoms with E-state index in [0.29, 0.717) is 12.8 Å². The fraction of sp³-hybridized carbons (Fsp3) is 0.350. The average Bonchev–Trinajstić information content (AvgIpc) is 3.28. The molecule has 2 atom stereocenters. The van der Waals surface area contributed by atoms with E-state index in [-0.39, 0.29) is 0 Å². The molecule has 2 aromatic carbocycles. The van der Waals surface area contributed by atoms with Crippen molar-refractivity contribution in [2.24, 2.45) is 0 Å². The van der Waals surface area contributed by atoms with Gasteiger partial charge in [0.05, 0.1) is 16.8 Å². The number of quaternary nitrogens is 1. The minimum absolute atomic E-state index is 0.337. The van der Waals surface area contributed by atoms with E-state index in [1.165, 1.54) is 41.1 Å². The third-order valence-corrected chi connectivity index (χ3v) is 6.36. The largest absolute Gasteiger partial charge is 0.454 e. The molecule has 1 saturated heterocycles. The van der Waals surface area contributed by atoms with Crippen molar-refractivity contribution in [2.75, 3.05) is 13.3 Å². The van der Waals surface area contributed by atoms with Crippen LogP contribution in [0, 0.1) is 0 Å². The van der Waals surface area contributed by atoms with Gasteiger partial charge in [-0.05, 0) is 43.2 Å². The predicted octanol–water partition coefficient (Wildman–Crippen LogP) is 3.34. The van der Waals surface area contributed by atoms with E-state index in [0.717, 1.165) is 23.6 Å². The van der Waals surface area contributed by atoms with Gasteiger partial charge in [-0.15, -0.1) is 11.3 Å². The molecule has 0 radical (unpaired) electrons. The van der Waals surface area contributed by atoms with Crippen molar-refractivity contribution in [2.45, 2.75) is 31.8 Å². The van der Waals surface area contributed by atoms with E-state index in [1.54, 1.807) is 4.90 Å². The van der Waals surface area contributed by atoms with E-state index >= 15 is 0 Å². The van der Waals surface area contributed by atoms with Crippen LogP contribution in [0.3, 0.4) is 0 Å². The number of piperidine rings is 1. The van der Waals surface area contributed by atoms with E-state index in [1.807, 2.05) is 17.4 Å². The molecule has 1 aromatic heterocycles. The molecule has 5 rings (SSSR count). The summed E-state index contributed by atoms with van der Waals surface area (Å²) in [5.74, 6) is 1.74. The molecule has 0 amide bonds. The lowest BCUT2D eigenvalue weighted by molar-refractivity contribution is -0.950. The Morgan fingerprint density at radius 2 is 2.00 bits per heavy atom. The van der Waals surface area contributed by atoms with Gasteiger partial charge in [-0.25, -0.2) is 4.98 Å². The zero-order valence-corrected chi connectivity index (χ0v) is 14.8. The van der Waals surface area contributed by atoms with Crippen molar-refractivity contribution in [3.8, 4) is 11.5 Å². The van der Waals surface area contributed by atoms with Crippen LogP contribution in [0.2, 0.25) is 0 Å². The first kappa shape index (κ1) is 15.2. The molecule has 128 valence electrons. The van der Waals surface area contributed by atoms with Gasteiger partial charge in [0.1, 0.15) is 12.6 Å². The van der Waals surface area contributed by atoms with Crippen molar-refractivity contribution in [1.29, 1.82) is 0 Å². The van der Waals surface area contributed by atoms with Crippen LogP contribution in [0.25, 0.3) is 10.2 Å². The molecule has 25 heavy (non-hydrogen) atoms. The number of rotatable bonds is 3. The highest BCUT2D eigenvalue weighted by Gasteiger charge is 2.30. The number of aromatic nitrogens is 1. The molecule has 0 bridgehead atoms. The summed E-state index contributed by atoms with van der Waals surface area (Å²) in [6.45, 7) is 2.55. The highest BCUT2D eigenvalue weighted by Crippen LogP contribution is 2.33. The number of hydrogen-bond acceptors (Lipinski definition) is 4. The molecule has 2 aliphatic rings. The summed E-state index contributed by atoms with van der Waals surface area (Å²) in [6, 6.07) is 15.3. The zero-order valence-electron chi connectivity index (χ0n) is 14.0. The summed E-state index contributed by atoms with van der Waals surface area (Å²) >= 11 is 1.86. The maximum atomic E-state index is 5.54. The van der Waals surface area contributed by atoms with Crippen molar-refractivity contribution >= 4 is 21.6 Å². The molecule has 1 fully saturated rings. The summed E-state index contributed by atoms with van der Waals surface area (Å²) in [5, 5.41) is 1.29. The molecule has 0 saturated carbocycles. The normalized spacial score (nSPS) is 22.4. The number of nitrogens with zero attached hydrogens (tertiary/aromatic N) is 1. The van der Waals surface area contributed by atoms with Crippen LogP contribution in [0.15, 0.2) is 42.5 Å². The van der Waals surface area contributed by atoms with Crippen LogP contribution in [0.5, 0.6) is 11.5 Å². The number of benzene rings is 2. The molecule has 3 aromatic rings. The third-order valence-electron chi connectivity index (χ3n) is 5.21. The fourth-order valence-corrected chi connectivity index (χ4v) is 5.10. The zero-order chi connectivity index (χ0) is 16.6. The topological polar surface area (TPSA) is 35.8 Å². The summed E-state index contributed by atoms with van der Waals surface area (Å²) in [4.78, 5) is 6.55. The Labute approximate surface area is 151 Å². The predicted molar refractivity (Wildman–Crippen MR) is 98.3 cm³/mol. The number of para-hydroxylation sites is 1. The van der Waals surface area contributed by atoms with Gasteiger partial charge in [-0.3, -0.25) is 0 Å². The van der Waals surface area contributed by atoms with E-state index in [4.69, 9.17) is 14.5 Å². The van der Waals surface area contributed by atoms with Crippen LogP contribution < -0.4 is 14.4 Å². The Bertz CT molecular complexity index is 875. The highest BCUT2D eigenvalue weighted by molar-refractivity contribution is 7.18. The lowest BCUT2D eigenvalue weighted by atomic mass is 10.0. The standard InChI is InChI=1S/C20H20N2O2S/c1-2-7-19-15(5-1)21-20(25-19)16-6-3-4-10-22(16)12-14-8-9-17-18(11-14)24-13-23-17/h1-2,5,7-9,11,16H,3-4,6,10,12-13H2/p+1/t16-/m0/s1. The minimum atomic E-state index is 0.337. The third kappa shape index (κ3) is 2.87. The van der Waals surface area contributed by atoms with Crippen LogP contribution >= 0.6 is 11.3 Å². The Morgan fingerprint density at radius 1 is 1.08 bits per heavy atom. The second-order valence-electron chi connectivity index (χ2n) is 6.84. The van der Waals surface area contributed by atoms with E-state index < -0.39 is 0 Å². The van der Waals surface area contributed by atoms with Crippen LogP contribution in [0.1, 0.15) is 35.9 Å². The van der Waals surface area contributed by atoms with Gasteiger partial charge in [-0.2, -0.15) is 0 Å².